The largest absolute Gasteiger partial charge is 2.00 e. The van der Waals surface area contributed by atoms with Crippen molar-refractivity contribution >= 4 is 14.3 Å². The fraction of sp³-hybridized carbons (Fsp3) is 0.818. The summed E-state index contributed by atoms with van der Waals surface area (Å²) in [6.07, 6.45) is 3.31. The van der Waals surface area contributed by atoms with Crippen molar-refractivity contribution in [1.82, 2.24) is 10.5 Å². The summed E-state index contributed by atoms with van der Waals surface area (Å²) in [6.45, 7) is 9.21. The monoisotopic (exact) mass is 448 g/mol. The van der Waals surface area contributed by atoms with Crippen LogP contribution in [0.15, 0.2) is 0 Å². The molecule has 2 radical (unpaired) electrons. The third-order valence-electron chi connectivity index (χ3n) is 2.56. The first-order chi connectivity index (χ1) is 7.21. The summed E-state index contributed by atoms with van der Waals surface area (Å²) in [6, 6.07) is 0.189. The van der Waals surface area contributed by atoms with Crippen molar-refractivity contribution in [3.05, 3.63) is 6.92 Å². The first-order valence-corrected chi connectivity index (χ1v) is 5.40. The molecule has 0 rings (SSSR count). The first-order valence-electron chi connectivity index (χ1n) is 5.40. The van der Waals surface area contributed by atoms with Crippen LogP contribution in [0.4, 0.5) is 0 Å². The van der Waals surface area contributed by atoms with Crippen LogP contribution in [0.3, 0.4) is 0 Å². The Balaban J connectivity index is -0.000000529. The van der Waals surface area contributed by atoms with Crippen molar-refractivity contribution in [2.75, 3.05) is 7.05 Å². The van der Waals surface area contributed by atoms with Crippen LogP contribution >= 0.6 is 0 Å². The van der Waals surface area contributed by atoms with Crippen LogP contribution in [0.5, 0.6) is 0 Å². The van der Waals surface area contributed by atoms with Crippen LogP contribution in [0.25, 0.3) is 0 Å². The summed E-state index contributed by atoms with van der Waals surface area (Å²) in [4.78, 5) is 10.3. The molecule has 0 aliphatic rings. The fourth-order valence-corrected chi connectivity index (χ4v) is 1.43. The molecule has 1 unspecified atom stereocenters. The molecule has 0 heterocycles. The summed E-state index contributed by atoms with van der Waals surface area (Å²) in [7, 11) is 7.26. The van der Waals surface area contributed by atoms with Crippen molar-refractivity contribution in [2.45, 2.75) is 45.7 Å². The number of rotatable bonds is 7. The van der Waals surface area contributed by atoms with Gasteiger partial charge >= 0.3 is 31.1 Å². The van der Waals surface area contributed by atoms with Gasteiger partial charge in [-0.1, -0.05) is 20.3 Å². The van der Waals surface area contributed by atoms with E-state index in [1.807, 2.05) is 13.3 Å². The van der Waals surface area contributed by atoms with Gasteiger partial charge in [-0.25, -0.2) is 0 Å². The summed E-state index contributed by atoms with van der Waals surface area (Å²) in [5.41, 5.74) is 0. The Morgan fingerprint density at radius 1 is 1.44 bits per heavy atom. The van der Waals surface area contributed by atoms with Gasteiger partial charge in [0.1, 0.15) is 0 Å². The molecule has 0 aromatic rings. The molecule has 5 heteroatoms. The van der Waals surface area contributed by atoms with Gasteiger partial charge in [0.25, 0.3) is 0 Å². The summed E-state index contributed by atoms with van der Waals surface area (Å²) in [5.74, 6) is 0.441. The molecule has 90 valence electrons. The van der Waals surface area contributed by atoms with Gasteiger partial charge in [-0.05, 0) is 19.0 Å². The second-order valence-electron chi connectivity index (χ2n) is 3.32. The van der Waals surface area contributed by atoms with Crippen LogP contribution in [0, 0.1) is 44.0 Å². The van der Waals surface area contributed by atoms with E-state index in [1.165, 1.54) is 0 Å². The zero-order valence-corrected chi connectivity index (χ0v) is 15.0. The molecule has 0 amide bonds. The molecule has 3 atom stereocenters. The molecule has 0 saturated heterocycles. The van der Waals surface area contributed by atoms with Gasteiger partial charge in [-0.3, -0.25) is 6.29 Å². The van der Waals surface area contributed by atoms with E-state index in [0.29, 0.717) is 12.3 Å². The minimum Gasteiger partial charge on any atom is -0.542 e. The van der Waals surface area contributed by atoms with Gasteiger partial charge in [-0.15, -0.1) is 6.42 Å². The molecule has 0 spiro atoms. The zero-order valence-electron chi connectivity index (χ0n) is 10.8. The van der Waals surface area contributed by atoms with Crippen molar-refractivity contribution in [3.8, 4) is 0 Å². The summed E-state index contributed by atoms with van der Waals surface area (Å²) in [5, 5.41) is 5.81. The number of hydrogen-bond donors (Lipinski definition) is 2. The molecule has 3 nitrogen and oxygen atoms in total. The zero-order chi connectivity index (χ0) is 12.3. The van der Waals surface area contributed by atoms with Crippen LogP contribution in [-0.2, 0) is 4.79 Å². The molecule has 0 aromatic heterocycles. The third kappa shape index (κ3) is 8.81. The van der Waals surface area contributed by atoms with Crippen molar-refractivity contribution in [1.29, 1.82) is 0 Å². The quantitative estimate of drug-likeness (QED) is 0.452. The van der Waals surface area contributed by atoms with Crippen molar-refractivity contribution in [2.24, 2.45) is 5.92 Å². The molecule has 16 heavy (non-hydrogen) atoms. The Labute approximate surface area is 126 Å². The average Bonchev–Trinajstić information content (AvgIpc) is 2.31. The average molecular weight is 448 g/mol. The SMILES string of the molecule is [B]NC([C@H](C[C-]=O)NC)[C@@H](C)CC.[CH2-]C.[U+2]. The molecule has 0 aromatic carbocycles. The van der Waals surface area contributed by atoms with E-state index in [1.54, 1.807) is 6.92 Å². The van der Waals surface area contributed by atoms with E-state index in [9.17, 15) is 4.79 Å². The number of hydrogen-bond acceptors (Lipinski definition) is 3. The molecule has 2 N–H and O–H groups in total. The normalized spacial score (nSPS) is 14.8. The maximum absolute atomic E-state index is 10.3. The van der Waals surface area contributed by atoms with Crippen LogP contribution < -0.4 is 10.5 Å². The van der Waals surface area contributed by atoms with E-state index in [4.69, 9.17) is 7.98 Å². The minimum atomic E-state index is 0. The van der Waals surface area contributed by atoms with Gasteiger partial charge in [0, 0.05) is 6.04 Å². The van der Waals surface area contributed by atoms with E-state index in [0.717, 1.165) is 6.42 Å². The minimum absolute atomic E-state index is 0. The number of carbonyl (C=O) groups excluding carboxylic acids is 1. The Morgan fingerprint density at radius 2 is 1.94 bits per heavy atom. The Kier molecular flexibility index (Phi) is 21.5. The number of likely N-dealkylation sites (N-methyl/N-ethyl adjacent to an activating group) is 1. The Hall–Kier alpha value is 0.707. The maximum atomic E-state index is 10.3. The molecule has 0 saturated carbocycles. The van der Waals surface area contributed by atoms with Gasteiger partial charge in [-0.2, -0.15) is 6.92 Å². The Morgan fingerprint density at radius 3 is 2.19 bits per heavy atom. The summed E-state index contributed by atoms with van der Waals surface area (Å²) < 4.78 is 0. The molecule has 0 fully saturated rings. The molecular formula is C11H23BN2OU. The van der Waals surface area contributed by atoms with Gasteiger partial charge in [0.2, 0.25) is 0 Å². The fourth-order valence-electron chi connectivity index (χ4n) is 1.43. The van der Waals surface area contributed by atoms with Crippen LogP contribution in [0.2, 0.25) is 0 Å². The second kappa shape index (κ2) is 15.7. The van der Waals surface area contributed by atoms with Crippen LogP contribution in [0.1, 0.15) is 33.6 Å². The van der Waals surface area contributed by atoms with Gasteiger partial charge < -0.3 is 22.3 Å². The molecular weight excluding hydrogens is 425 g/mol. The topological polar surface area (TPSA) is 41.1 Å². The molecule has 0 bridgehead atoms. The molecule has 0 aliphatic carbocycles. The van der Waals surface area contributed by atoms with Gasteiger partial charge in [0.15, 0.2) is 7.98 Å². The van der Waals surface area contributed by atoms with Crippen molar-refractivity contribution < 1.29 is 35.9 Å². The number of nitrogens with one attached hydrogen (secondary N) is 2. The predicted molar refractivity (Wildman–Crippen MR) is 66.3 cm³/mol. The maximum Gasteiger partial charge on any atom is 2.00 e. The van der Waals surface area contributed by atoms with E-state index >= 15 is 0 Å². The van der Waals surface area contributed by atoms with E-state index in [-0.39, 0.29) is 43.2 Å². The molecule has 0 aliphatic heterocycles. The third-order valence-corrected chi connectivity index (χ3v) is 2.56. The first kappa shape index (κ1) is 21.9. The summed E-state index contributed by atoms with van der Waals surface area (Å²) >= 11 is 0. The van der Waals surface area contributed by atoms with E-state index < -0.39 is 0 Å². The predicted octanol–water partition coefficient (Wildman–Crippen LogP) is 1.00. The van der Waals surface area contributed by atoms with Gasteiger partial charge in [0.05, 0.1) is 0 Å². The second-order valence-corrected chi connectivity index (χ2v) is 3.32. The standard InChI is InChI=1S/C9H18BN2O.C2H5.U/c1-4-7(2)9(12-10)8(11-3)5-6-13;1-2;/h7-9,11-12H,4-5H2,1-3H3;1H2,2H3;/q2*-1;+2/t7-,8-,9?;;/m0../s1. The smallest absolute Gasteiger partial charge is 0.542 e. The van der Waals surface area contributed by atoms with Crippen molar-refractivity contribution in [3.63, 3.8) is 0 Å². The van der Waals surface area contributed by atoms with E-state index in [2.05, 4.69) is 31.3 Å². The van der Waals surface area contributed by atoms with Crippen LogP contribution in [-0.4, -0.2) is 33.4 Å². The Bertz CT molecular complexity index is 150.